The summed E-state index contributed by atoms with van der Waals surface area (Å²) in [5, 5.41) is 3.43. The summed E-state index contributed by atoms with van der Waals surface area (Å²) in [6.45, 7) is 9.79. The number of hydrogen-bond acceptors (Lipinski definition) is 2. The highest BCUT2D eigenvalue weighted by Crippen LogP contribution is 2.47. The first-order valence-corrected chi connectivity index (χ1v) is 6.93. The average molecular weight is 246 g/mol. The maximum Gasteiger partial charge on any atom is 0.0413 e. The van der Waals surface area contributed by atoms with Crippen LogP contribution in [0.15, 0.2) is 36.0 Å². The van der Waals surface area contributed by atoms with Crippen LogP contribution in [-0.4, -0.2) is 18.1 Å². The van der Waals surface area contributed by atoms with Crippen LogP contribution >= 0.6 is 0 Å². The lowest BCUT2D eigenvalue weighted by Crippen LogP contribution is -2.53. The van der Waals surface area contributed by atoms with Crippen molar-refractivity contribution in [1.82, 2.24) is 5.32 Å². The number of rotatable bonds is 4. The molecular weight excluding hydrogens is 220 g/mol. The molecule has 1 saturated heterocycles. The van der Waals surface area contributed by atoms with E-state index in [0.717, 1.165) is 13.0 Å². The van der Waals surface area contributed by atoms with E-state index in [1.165, 1.54) is 5.57 Å². The molecule has 1 fully saturated rings. The fourth-order valence-corrected chi connectivity index (χ4v) is 3.02. The Labute approximate surface area is 111 Å². The van der Waals surface area contributed by atoms with Crippen molar-refractivity contribution in [1.29, 1.82) is 0 Å². The summed E-state index contributed by atoms with van der Waals surface area (Å²) < 4.78 is 0. The Kier molecular flexibility index (Phi) is 3.52. The largest absolute Gasteiger partial charge is 0.325 e. The SMILES string of the molecule is CC=CC(C)(C1CC=CC=C1C1CN1)C(C)(C)N. The Morgan fingerprint density at radius 2 is 2.06 bits per heavy atom. The monoisotopic (exact) mass is 246 g/mol. The lowest BCUT2D eigenvalue weighted by atomic mass is 9.60. The molecule has 0 bridgehead atoms. The fourth-order valence-electron chi connectivity index (χ4n) is 3.02. The van der Waals surface area contributed by atoms with Gasteiger partial charge in [0.2, 0.25) is 0 Å². The molecule has 2 heteroatoms. The summed E-state index contributed by atoms with van der Waals surface area (Å²) in [5.74, 6) is 0.499. The number of nitrogens with two attached hydrogens (primary N) is 1. The van der Waals surface area contributed by atoms with Crippen LogP contribution in [-0.2, 0) is 0 Å². The molecule has 100 valence electrons. The number of nitrogens with one attached hydrogen (secondary N) is 1. The highest BCUT2D eigenvalue weighted by molar-refractivity contribution is 5.34. The third-order valence-electron chi connectivity index (χ3n) is 4.63. The first-order chi connectivity index (χ1) is 8.40. The van der Waals surface area contributed by atoms with Crippen molar-refractivity contribution in [2.45, 2.75) is 45.7 Å². The molecule has 0 spiro atoms. The lowest BCUT2D eigenvalue weighted by Gasteiger charge is -2.47. The predicted octanol–water partition coefficient (Wildman–Crippen LogP) is 2.78. The Morgan fingerprint density at radius 1 is 1.39 bits per heavy atom. The Morgan fingerprint density at radius 3 is 2.56 bits per heavy atom. The first kappa shape index (κ1) is 13.6. The van der Waals surface area contributed by atoms with Gasteiger partial charge >= 0.3 is 0 Å². The smallest absolute Gasteiger partial charge is 0.0413 e. The minimum Gasteiger partial charge on any atom is -0.325 e. The molecule has 0 aromatic heterocycles. The topological polar surface area (TPSA) is 48.0 Å². The molecule has 0 radical (unpaired) electrons. The van der Waals surface area contributed by atoms with Gasteiger partial charge in [-0.3, -0.25) is 0 Å². The van der Waals surface area contributed by atoms with Crippen molar-refractivity contribution in [3.8, 4) is 0 Å². The van der Waals surface area contributed by atoms with Crippen molar-refractivity contribution >= 4 is 0 Å². The molecule has 2 nitrogen and oxygen atoms in total. The Balaban J connectivity index is 2.36. The van der Waals surface area contributed by atoms with E-state index in [-0.39, 0.29) is 11.0 Å². The van der Waals surface area contributed by atoms with Gasteiger partial charge in [-0.05, 0) is 38.7 Å². The third-order valence-corrected chi connectivity index (χ3v) is 4.63. The summed E-state index contributed by atoms with van der Waals surface area (Å²) in [6.07, 6.45) is 12.3. The molecule has 0 aromatic rings. The van der Waals surface area contributed by atoms with Crippen molar-refractivity contribution in [2.75, 3.05) is 6.54 Å². The highest BCUT2D eigenvalue weighted by atomic mass is 15.1. The predicted molar refractivity (Wildman–Crippen MR) is 78.3 cm³/mol. The van der Waals surface area contributed by atoms with E-state index in [1.54, 1.807) is 0 Å². The van der Waals surface area contributed by atoms with Crippen molar-refractivity contribution in [3.63, 3.8) is 0 Å². The van der Waals surface area contributed by atoms with Crippen LogP contribution in [0.3, 0.4) is 0 Å². The molecular formula is C16H26N2. The standard InChI is InChI=1S/C16H26N2/c1-5-10-16(4,15(2,3)17)13-9-7-6-8-12(13)14-11-18-14/h5-8,10,13-14,18H,9,11,17H2,1-4H3. The van der Waals surface area contributed by atoms with Crippen LogP contribution in [0.25, 0.3) is 0 Å². The molecule has 2 rings (SSSR count). The highest BCUT2D eigenvalue weighted by Gasteiger charge is 2.46. The zero-order valence-corrected chi connectivity index (χ0v) is 12.0. The van der Waals surface area contributed by atoms with Gasteiger partial charge in [-0.1, -0.05) is 37.3 Å². The molecule has 2 aliphatic rings. The zero-order chi connectivity index (χ0) is 13.4. The van der Waals surface area contributed by atoms with Gasteiger partial charge in [0, 0.05) is 23.5 Å². The van der Waals surface area contributed by atoms with E-state index >= 15 is 0 Å². The van der Waals surface area contributed by atoms with Gasteiger partial charge in [-0.25, -0.2) is 0 Å². The second-order valence-electron chi connectivity index (χ2n) is 6.35. The summed E-state index contributed by atoms with van der Waals surface area (Å²) in [6, 6.07) is 0.576. The van der Waals surface area contributed by atoms with E-state index < -0.39 is 0 Å². The Hall–Kier alpha value is -0.860. The molecule has 0 amide bonds. The molecule has 0 aromatic carbocycles. The second-order valence-corrected chi connectivity index (χ2v) is 6.35. The van der Waals surface area contributed by atoms with Gasteiger partial charge in [0.15, 0.2) is 0 Å². The number of hydrogen-bond donors (Lipinski definition) is 2. The maximum atomic E-state index is 6.49. The molecule has 3 unspecified atom stereocenters. The van der Waals surface area contributed by atoms with E-state index in [1.807, 2.05) is 0 Å². The fraction of sp³-hybridized carbons (Fsp3) is 0.625. The van der Waals surface area contributed by atoms with Crippen LogP contribution in [0.5, 0.6) is 0 Å². The lowest BCUT2D eigenvalue weighted by molar-refractivity contribution is 0.166. The molecule has 3 atom stereocenters. The zero-order valence-electron chi connectivity index (χ0n) is 12.0. The molecule has 3 N–H and O–H groups in total. The van der Waals surface area contributed by atoms with E-state index in [2.05, 4.69) is 63.4 Å². The molecule has 1 aliphatic carbocycles. The van der Waals surface area contributed by atoms with Crippen molar-refractivity contribution < 1.29 is 0 Å². The molecule has 1 heterocycles. The third kappa shape index (κ3) is 2.32. The van der Waals surface area contributed by atoms with Gasteiger partial charge in [0.1, 0.15) is 0 Å². The molecule has 1 aliphatic heterocycles. The van der Waals surface area contributed by atoms with Gasteiger partial charge in [-0.15, -0.1) is 0 Å². The second kappa shape index (κ2) is 4.67. The van der Waals surface area contributed by atoms with Crippen LogP contribution < -0.4 is 11.1 Å². The normalized spacial score (nSPS) is 31.3. The minimum atomic E-state index is -0.233. The van der Waals surface area contributed by atoms with E-state index in [9.17, 15) is 0 Å². The quantitative estimate of drug-likeness (QED) is 0.592. The minimum absolute atomic E-state index is 0.0113. The van der Waals surface area contributed by atoms with Crippen LogP contribution in [0.1, 0.15) is 34.1 Å². The summed E-state index contributed by atoms with van der Waals surface area (Å²) >= 11 is 0. The summed E-state index contributed by atoms with van der Waals surface area (Å²) in [5.41, 5.74) is 7.77. The molecule has 18 heavy (non-hydrogen) atoms. The molecule has 0 saturated carbocycles. The number of allylic oxidation sites excluding steroid dienone is 4. The first-order valence-electron chi connectivity index (χ1n) is 6.93. The summed E-state index contributed by atoms with van der Waals surface area (Å²) in [7, 11) is 0. The van der Waals surface area contributed by atoms with Gasteiger partial charge in [0.05, 0.1) is 0 Å². The van der Waals surface area contributed by atoms with Gasteiger partial charge in [-0.2, -0.15) is 0 Å². The van der Waals surface area contributed by atoms with Crippen LogP contribution in [0.2, 0.25) is 0 Å². The maximum absolute atomic E-state index is 6.49. The van der Waals surface area contributed by atoms with Crippen LogP contribution in [0.4, 0.5) is 0 Å². The van der Waals surface area contributed by atoms with E-state index in [4.69, 9.17) is 5.73 Å². The van der Waals surface area contributed by atoms with Gasteiger partial charge in [0.25, 0.3) is 0 Å². The van der Waals surface area contributed by atoms with E-state index in [0.29, 0.717) is 12.0 Å². The van der Waals surface area contributed by atoms with Gasteiger partial charge < -0.3 is 11.1 Å². The Bertz CT molecular complexity index is 394. The van der Waals surface area contributed by atoms with Crippen LogP contribution in [0, 0.1) is 11.3 Å². The van der Waals surface area contributed by atoms with Crippen molar-refractivity contribution in [2.24, 2.45) is 17.1 Å². The summed E-state index contributed by atoms with van der Waals surface area (Å²) in [4.78, 5) is 0. The average Bonchev–Trinajstić information content (AvgIpc) is 3.11. The van der Waals surface area contributed by atoms with Crippen molar-refractivity contribution in [3.05, 3.63) is 36.0 Å².